The SMILES string of the molecule is O=C(C1CCCCC1)N1CCC(Cn2nnn(-c3cccs3)c2=O)CC1. The number of hydrogen-bond acceptors (Lipinski definition) is 5. The van der Waals surface area contributed by atoms with Gasteiger partial charge in [0.05, 0.1) is 6.54 Å². The molecule has 0 unspecified atom stereocenters. The van der Waals surface area contributed by atoms with Gasteiger partial charge in [0.25, 0.3) is 0 Å². The lowest BCUT2D eigenvalue weighted by Gasteiger charge is -2.35. The Labute approximate surface area is 156 Å². The Morgan fingerprint density at radius 2 is 1.88 bits per heavy atom. The highest BCUT2D eigenvalue weighted by atomic mass is 32.1. The predicted molar refractivity (Wildman–Crippen MR) is 99.4 cm³/mol. The largest absolute Gasteiger partial charge is 0.369 e. The van der Waals surface area contributed by atoms with E-state index in [-0.39, 0.29) is 11.6 Å². The Morgan fingerprint density at radius 3 is 2.58 bits per heavy atom. The van der Waals surface area contributed by atoms with E-state index < -0.39 is 0 Å². The number of likely N-dealkylation sites (tertiary alicyclic amines) is 1. The summed E-state index contributed by atoms with van der Waals surface area (Å²) < 4.78 is 2.81. The summed E-state index contributed by atoms with van der Waals surface area (Å²) in [7, 11) is 0. The Bertz CT molecular complexity index is 783. The lowest BCUT2D eigenvalue weighted by atomic mass is 9.87. The molecular formula is C18H25N5O2S. The summed E-state index contributed by atoms with van der Waals surface area (Å²) in [6.07, 6.45) is 7.62. The second-order valence-electron chi connectivity index (χ2n) is 7.41. The van der Waals surface area contributed by atoms with Crippen LogP contribution in [0, 0.1) is 11.8 Å². The van der Waals surface area contributed by atoms with Gasteiger partial charge in [0, 0.05) is 19.0 Å². The van der Waals surface area contributed by atoms with Crippen molar-refractivity contribution in [2.24, 2.45) is 11.8 Å². The van der Waals surface area contributed by atoms with Crippen LogP contribution in [0.25, 0.3) is 5.00 Å². The van der Waals surface area contributed by atoms with Crippen LogP contribution < -0.4 is 5.69 Å². The lowest BCUT2D eigenvalue weighted by molar-refractivity contribution is -0.138. The summed E-state index contributed by atoms with van der Waals surface area (Å²) in [5, 5.41) is 10.7. The van der Waals surface area contributed by atoms with E-state index in [0.29, 0.717) is 18.4 Å². The second-order valence-corrected chi connectivity index (χ2v) is 8.34. The number of carbonyl (C=O) groups is 1. The number of thiophene rings is 1. The van der Waals surface area contributed by atoms with Crippen molar-refractivity contribution >= 4 is 17.2 Å². The highest BCUT2D eigenvalue weighted by molar-refractivity contribution is 7.12. The van der Waals surface area contributed by atoms with Crippen LogP contribution >= 0.6 is 11.3 Å². The Balaban J connectivity index is 1.33. The van der Waals surface area contributed by atoms with Gasteiger partial charge in [-0.3, -0.25) is 4.79 Å². The molecule has 7 nitrogen and oxygen atoms in total. The van der Waals surface area contributed by atoms with Gasteiger partial charge in [-0.25, -0.2) is 4.79 Å². The average Bonchev–Trinajstić information content (AvgIpc) is 3.33. The van der Waals surface area contributed by atoms with E-state index in [0.717, 1.165) is 43.8 Å². The molecule has 2 aliphatic rings. The molecule has 1 aliphatic carbocycles. The fourth-order valence-corrected chi connectivity index (χ4v) is 4.77. The monoisotopic (exact) mass is 375 g/mol. The molecule has 1 saturated carbocycles. The van der Waals surface area contributed by atoms with Crippen LogP contribution in [-0.2, 0) is 11.3 Å². The van der Waals surface area contributed by atoms with Crippen LogP contribution in [0.3, 0.4) is 0 Å². The van der Waals surface area contributed by atoms with Crippen molar-refractivity contribution in [2.75, 3.05) is 13.1 Å². The number of piperidine rings is 1. The molecule has 4 rings (SSSR count). The summed E-state index contributed by atoms with van der Waals surface area (Å²) in [5.74, 6) is 0.967. The van der Waals surface area contributed by atoms with E-state index in [1.54, 1.807) is 0 Å². The van der Waals surface area contributed by atoms with Crippen molar-refractivity contribution in [3.8, 4) is 5.00 Å². The van der Waals surface area contributed by atoms with E-state index in [1.807, 2.05) is 22.4 Å². The van der Waals surface area contributed by atoms with Gasteiger partial charge in [0.15, 0.2) is 0 Å². The standard InChI is InChI=1S/C18H25N5O2S/c24-17(15-5-2-1-3-6-15)21-10-8-14(9-11-21)13-22-18(25)23(20-19-22)16-7-4-12-26-16/h4,7,12,14-15H,1-3,5-6,8-11,13H2. The third kappa shape index (κ3) is 3.60. The highest BCUT2D eigenvalue weighted by Crippen LogP contribution is 2.27. The number of amides is 1. The molecule has 1 amide bonds. The van der Waals surface area contributed by atoms with Gasteiger partial charge in [0.2, 0.25) is 5.91 Å². The lowest BCUT2D eigenvalue weighted by Crippen LogP contribution is -2.43. The van der Waals surface area contributed by atoms with Gasteiger partial charge in [0.1, 0.15) is 5.00 Å². The van der Waals surface area contributed by atoms with E-state index in [2.05, 4.69) is 10.4 Å². The number of aromatic nitrogens is 4. The summed E-state index contributed by atoms with van der Waals surface area (Å²) >= 11 is 1.47. The molecule has 0 radical (unpaired) electrons. The minimum absolute atomic E-state index is 0.187. The van der Waals surface area contributed by atoms with E-state index in [1.165, 1.54) is 40.0 Å². The fourth-order valence-electron chi connectivity index (χ4n) is 4.11. The zero-order valence-electron chi connectivity index (χ0n) is 14.9. The van der Waals surface area contributed by atoms with E-state index >= 15 is 0 Å². The zero-order chi connectivity index (χ0) is 17.9. The van der Waals surface area contributed by atoms with Crippen molar-refractivity contribution < 1.29 is 4.79 Å². The van der Waals surface area contributed by atoms with Crippen molar-refractivity contribution in [3.63, 3.8) is 0 Å². The van der Waals surface area contributed by atoms with Crippen molar-refractivity contribution in [3.05, 3.63) is 28.0 Å². The Hall–Kier alpha value is -1.96. The van der Waals surface area contributed by atoms with Crippen LogP contribution in [0.5, 0.6) is 0 Å². The van der Waals surface area contributed by atoms with Gasteiger partial charge >= 0.3 is 5.69 Å². The van der Waals surface area contributed by atoms with Crippen molar-refractivity contribution in [1.82, 2.24) is 24.7 Å². The Kier molecular flexibility index (Phi) is 5.19. The van der Waals surface area contributed by atoms with Gasteiger partial charge in [-0.15, -0.1) is 11.3 Å². The maximum absolute atomic E-state index is 12.7. The van der Waals surface area contributed by atoms with Gasteiger partial charge in [-0.05, 0) is 59.5 Å². The normalized spacial score (nSPS) is 19.8. The molecule has 2 fully saturated rings. The molecule has 0 atom stereocenters. The number of tetrazole rings is 1. The summed E-state index contributed by atoms with van der Waals surface area (Å²) in [6.45, 7) is 2.18. The third-order valence-corrected chi connectivity index (χ3v) is 6.51. The zero-order valence-corrected chi connectivity index (χ0v) is 15.7. The molecule has 140 valence electrons. The summed E-state index contributed by atoms with van der Waals surface area (Å²) in [4.78, 5) is 27.2. The number of nitrogens with zero attached hydrogens (tertiary/aromatic N) is 5. The molecule has 8 heteroatoms. The van der Waals surface area contributed by atoms with Gasteiger partial charge in [-0.1, -0.05) is 19.3 Å². The molecule has 0 aromatic carbocycles. The van der Waals surface area contributed by atoms with Crippen LogP contribution in [0.1, 0.15) is 44.9 Å². The average molecular weight is 375 g/mol. The molecular weight excluding hydrogens is 350 g/mol. The smallest absolute Gasteiger partial charge is 0.342 e. The Morgan fingerprint density at radius 1 is 1.12 bits per heavy atom. The number of rotatable bonds is 4. The second kappa shape index (κ2) is 7.73. The minimum Gasteiger partial charge on any atom is -0.342 e. The maximum Gasteiger partial charge on any atom is 0.369 e. The van der Waals surface area contributed by atoms with Crippen LogP contribution in [0.15, 0.2) is 22.3 Å². The molecule has 0 spiro atoms. The molecule has 0 N–H and O–H groups in total. The van der Waals surface area contributed by atoms with Gasteiger partial charge in [-0.2, -0.15) is 9.36 Å². The minimum atomic E-state index is -0.187. The molecule has 1 aliphatic heterocycles. The maximum atomic E-state index is 12.7. The first-order chi connectivity index (χ1) is 12.7. The van der Waals surface area contributed by atoms with Crippen molar-refractivity contribution in [1.29, 1.82) is 0 Å². The molecule has 2 aromatic rings. The molecule has 1 saturated heterocycles. The molecule has 3 heterocycles. The molecule has 0 bridgehead atoms. The quantitative estimate of drug-likeness (QED) is 0.822. The number of carbonyl (C=O) groups excluding carboxylic acids is 1. The first kappa shape index (κ1) is 17.5. The predicted octanol–water partition coefficient (Wildman–Crippen LogP) is 2.31. The van der Waals surface area contributed by atoms with Gasteiger partial charge < -0.3 is 4.90 Å². The van der Waals surface area contributed by atoms with Crippen LogP contribution in [0.2, 0.25) is 0 Å². The summed E-state index contributed by atoms with van der Waals surface area (Å²) in [6, 6.07) is 3.75. The summed E-state index contributed by atoms with van der Waals surface area (Å²) in [5.41, 5.74) is -0.187. The van der Waals surface area contributed by atoms with Crippen LogP contribution in [-0.4, -0.2) is 43.7 Å². The number of hydrogen-bond donors (Lipinski definition) is 0. The molecule has 2 aromatic heterocycles. The van der Waals surface area contributed by atoms with Crippen molar-refractivity contribution in [2.45, 2.75) is 51.5 Å². The first-order valence-electron chi connectivity index (χ1n) is 9.58. The fraction of sp³-hybridized carbons (Fsp3) is 0.667. The van der Waals surface area contributed by atoms with E-state index in [9.17, 15) is 9.59 Å². The molecule has 26 heavy (non-hydrogen) atoms. The highest BCUT2D eigenvalue weighted by Gasteiger charge is 2.29. The first-order valence-corrected chi connectivity index (χ1v) is 10.5. The van der Waals surface area contributed by atoms with E-state index in [4.69, 9.17) is 0 Å². The topological polar surface area (TPSA) is 73.0 Å². The third-order valence-electron chi connectivity index (χ3n) is 5.67. The van der Waals surface area contributed by atoms with Crippen LogP contribution in [0.4, 0.5) is 0 Å².